The van der Waals surface area contributed by atoms with Crippen molar-refractivity contribution >= 4 is 17.4 Å². The lowest BCUT2D eigenvalue weighted by Gasteiger charge is -2.13. The first-order valence-corrected chi connectivity index (χ1v) is 8.25. The predicted octanol–water partition coefficient (Wildman–Crippen LogP) is 5.13. The molecule has 1 aliphatic heterocycles. The highest BCUT2D eigenvalue weighted by Crippen LogP contribution is 2.41. The van der Waals surface area contributed by atoms with Crippen molar-refractivity contribution in [2.24, 2.45) is 0 Å². The van der Waals surface area contributed by atoms with Gasteiger partial charge in [-0.3, -0.25) is 0 Å². The molecular formula is C19H20F2N2O3. The lowest BCUT2D eigenvalue weighted by atomic mass is 9.97. The Hall–Kier alpha value is -2.83. The third-order valence-corrected chi connectivity index (χ3v) is 4.05. The lowest BCUT2D eigenvalue weighted by Crippen LogP contribution is -2.35. The quantitative estimate of drug-likeness (QED) is 0.793. The van der Waals surface area contributed by atoms with E-state index in [0.717, 1.165) is 11.1 Å². The monoisotopic (exact) mass is 362 g/mol. The van der Waals surface area contributed by atoms with Gasteiger partial charge in [-0.1, -0.05) is 19.9 Å². The van der Waals surface area contributed by atoms with Crippen LogP contribution < -0.4 is 20.1 Å². The maximum absolute atomic E-state index is 13.7. The minimum Gasteiger partial charge on any atom is -0.421 e. The summed E-state index contributed by atoms with van der Waals surface area (Å²) in [6, 6.07) is 6.73. The minimum absolute atomic E-state index is 0.0281. The number of anilines is 2. The summed E-state index contributed by atoms with van der Waals surface area (Å²) in [5.74, 6) is 0.446. The zero-order valence-corrected chi connectivity index (χ0v) is 14.7. The fourth-order valence-electron chi connectivity index (χ4n) is 2.79. The Bertz CT molecular complexity index is 842. The van der Waals surface area contributed by atoms with Crippen molar-refractivity contribution in [1.29, 1.82) is 0 Å². The molecule has 0 spiro atoms. The van der Waals surface area contributed by atoms with E-state index in [1.807, 2.05) is 25.1 Å². The molecule has 5 nitrogen and oxygen atoms in total. The van der Waals surface area contributed by atoms with Gasteiger partial charge < -0.3 is 20.1 Å². The van der Waals surface area contributed by atoms with Crippen LogP contribution in [0.25, 0.3) is 0 Å². The van der Waals surface area contributed by atoms with Crippen molar-refractivity contribution in [3.63, 3.8) is 0 Å². The average molecular weight is 362 g/mol. The van der Waals surface area contributed by atoms with Crippen LogP contribution in [0.1, 0.15) is 30.9 Å². The number of rotatable bonds is 4. The number of benzene rings is 2. The Kier molecular flexibility index (Phi) is 4.71. The first-order valence-electron chi connectivity index (χ1n) is 8.25. The first kappa shape index (κ1) is 18.0. The number of fused-ring (bicyclic) bond motifs is 1. The van der Waals surface area contributed by atoms with Crippen LogP contribution in [-0.4, -0.2) is 18.7 Å². The summed E-state index contributed by atoms with van der Waals surface area (Å²) in [6.45, 7) is 4.76. The second-order valence-electron chi connectivity index (χ2n) is 6.46. The molecule has 2 aromatic rings. The maximum Gasteiger partial charge on any atom is 0.437 e. The number of urea groups is 1. The number of nitrogens with one attached hydrogen (secondary N) is 2. The van der Waals surface area contributed by atoms with Crippen molar-refractivity contribution in [1.82, 2.24) is 0 Å². The number of aryl methyl sites for hydroxylation is 1. The van der Waals surface area contributed by atoms with E-state index in [9.17, 15) is 13.6 Å². The van der Waals surface area contributed by atoms with E-state index in [-0.39, 0.29) is 11.5 Å². The van der Waals surface area contributed by atoms with Crippen LogP contribution in [-0.2, 0) is 0 Å². The molecule has 1 heterocycles. The number of carbonyl (C=O) groups is 1. The van der Waals surface area contributed by atoms with E-state index in [4.69, 9.17) is 9.47 Å². The van der Waals surface area contributed by atoms with Gasteiger partial charge in [-0.2, -0.15) is 4.39 Å². The second kappa shape index (κ2) is 6.82. The number of ether oxygens (including phenoxy) is 2. The Labute approximate surface area is 150 Å². The molecule has 7 heteroatoms. The van der Waals surface area contributed by atoms with Crippen LogP contribution in [0, 0.1) is 6.92 Å². The van der Waals surface area contributed by atoms with E-state index in [1.165, 1.54) is 18.2 Å². The van der Waals surface area contributed by atoms with Crippen LogP contribution in [0.15, 0.2) is 36.4 Å². The van der Waals surface area contributed by atoms with Crippen molar-refractivity contribution in [2.45, 2.75) is 32.7 Å². The third kappa shape index (κ3) is 3.71. The molecular weight excluding hydrogens is 342 g/mol. The largest absolute Gasteiger partial charge is 0.437 e. The Morgan fingerprint density at radius 1 is 1.08 bits per heavy atom. The molecule has 2 amide bonds. The molecule has 1 unspecified atom stereocenters. The summed E-state index contributed by atoms with van der Waals surface area (Å²) < 4.78 is 35.9. The number of halogens is 2. The topological polar surface area (TPSA) is 59.6 Å². The molecule has 2 aromatic carbocycles. The number of carbonyl (C=O) groups excluding carboxylic acids is 1. The van der Waals surface area contributed by atoms with Crippen molar-refractivity contribution in [3.05, 3.63) is 47.5 Å². The first-order chi connectivity index (χ1) is 12.3. The summed E-state index contributed by atoms with van der Waals surface area (Å²) in [6.07, 6.45) is 0. The molecule has 0 fully saturated rings. The van der Waals surface area contributed by atoms with Gasteiger partial charge in [-0.05, 0) is 48.2 Å². The van der Waals surface area contributed by atoms with Crippen LogP contribution in [0.5, 0.6) is 11.5 Å². The van der Waals surface area contributed by atoms with Gasteiger partial charge >= 0.3 is 12.1 Å². The van der Waals surface area contributed by atoms with E-state index in [1.54, 1.807) is 0 Å². The molecule has 0 aliphatic carbocycles. The van der Waals surface area contributed by atoms with E-state index < -0.39 is 18.7 Å². The van der Waals surface area contributed by atoms with Crippen LogP contribution in [0.3, 0.4) is 0 Å². The summed E-state index contributed by atoms with van der Waals surface area (Å²) in [5, 5.41) is 5.38. The number of hydrogen-bond donors (Lipinski definition) is 2. The molecule has 3 rings (SSSR count). The molecule has 1 atom stereocenters. The molecule has 1 aliphatic rings. The fraction of sp³-hybridized carbons (Fsp3) is 0.316. The standard InChI is InChI=1S/C19H20F2N2O3/c1-11(2)15-8-13(5-4-12(15)3)22-18(24)23-14-6-7-16-17(9-14)26-19(21,10-20)25-16/h4-9,11H,10H2,1-3H3,(H2,22,23,24). The smallest absolute Gasteiger partial charge is 0.421 e. The Morgan fingerprint density at radius 2 is 1.69 bits per heavy atom. The molecule has 26 heavy (non-hydrogen) atoms. The highest BCUT2D eigenvalue weighted by molar-refractivity contribution is 6.00. The van der Waals surface area contributed by atoms with Gasteiger partial charge in [-0.15, -0.1) is 0 Å². The van der Waals surface area contributed by atoms with E-state index in [0.29, 0.717) is 17.3 Å². The average Bonchev–Trinajstić information content (AvgIpc) is 2.92. The Morgan fingerprint density at radius 3 is 2.35 bits per heavy atom. The zero-order chi connectivity index (χ0) is 18.9. The molecule has 0 radical (unpaired) electrons. The Balaban J connectivity index is 1.68. The van der Waals surface area contributed by atoms with Gasteiger partial charge in [0.1, 0.15) is 0 Å². The number of alkyl halides is 2. The molecule has 0 saturated heterocycles. The van der Waals surface area contributed by atoms with Gasteiger partial charge in [0.15, 0.2) is 11.5 Å². The van der Waals surface area contributed by atoms with Gasteiger partial charge in [-0.25, -0.2) is 9.18 Å². The van der Waals surface area contributed by atoms with Gasteiger partial charge in [0.2, 0.25) is 6.67 Å². The predicted molar refractivity (Wildman–Crippen MR) is 95.4 cm³/mol. The van der Waals surface area contributed by atoms with Gasteiger partial charge in [0.25, 0.3) is 0 Å². The summed E-state index contributed by atoms with van der Waals surface area (Å²) in [5.41, 5.74) is 3.34. The minimum atomic E-state index is -2.81. The van der Waals surface area contributed by atoms with Crippen LogP contribution in [0.2, 0.25) is 0 Å². The van der Waals surface area contributed by atoms with Gasteiger partial charge in [0.05, 0.1) is 0 Å². The van der Waals surface area contributed by atoms with E-state index in [2.05, 4.69) is 24.5 Å². The normalized spacial score (nSPS) is 18.1. The fourth-order valence-corrected chi connectivity index (χ4v) is 2.79. The summed E-state index contributed by atoms with van der Waals surface area (Å²) >= 11 is 0. The van der Waals surface area contributed by atoms with Gasteiger partial charge in [0, 0.05) is 17.4 Å². The number of amides is 2. The highest BCUT2D eigenvalue weighted by atomic mass is 19.2. The molecule has 0 aromatic heterocycles. The van der Waals surface area contributed by atoms with Crippen LogP contribution in [0.4, 0.5) is 25.0 Å². The van der Waals surface area contributed by atoms with E-state index >= 15 is 0 Å². The summed E-state index contributed by atoms with van der Waals surface area (Å²) in [4.78, 5) is 12.2. The second-order valence-corrected chi connectivity index (χ2v) is 6.46. The SMILES string of the molecule is Cc1ccc(NC(=O)Nc2ccc3c(c2)OC(F)(CF)O3)cc1C(C)C. The highest BCUT2D eigenvalue weighted by Gasteiger charge is 2.42. The number of hydrogen-bond acceptors (Lipinski definition) is 3. The third-order valence-electron chi connectivity index (χ3n) is 4.05. The maximum atomic E-state index is 13.7. The molecule has 0 bridgehead atoms. The lowest BCUT2D eigenvalue weighted by molar-refractivity contribution is -0.199. The van der Waals surface area contributed by atoms with Crippen molar-refractivity contribution in [3.8, 4) is 11.5 Å². The van der Waals surface area contributed by atoms with Crippen molar-refractivity contribution < 1.29 is 23.0 Å². The zero-order valence-electron chi connectivity index (χ0n) is 14.7. The molecule has 2 N–H and O–H groups in total. The molecule has 0 saturated carbocycles. The summed E-state index contributed by atoms with van der Waals surface area (Å²) in [7, 11) is 0. The van der Waals surface area contributed by atoms with Crippen molar-refractivity contribution in [2.75, 3.05) is 17.3 Å². The molecule has 138 valence electrons. The van der Waals surface area contributed by atoms with Crippen LogP contribution >= 0.6 is 0 Å².